The zero-order chi connectivity index (χ0) is 15.2. The van der Waals surface area contributed by atoms with E-state index in [9.17, 15) is 9.59 Å². The Labute approximate surface area is 127 Å². The van der Waals surface area contributed by atoms with E-state index in [1.807, 2.05) is 25.1 Å². The molecule has 3 rings (SSSR count). The third kappa shape index (κ3) is 2.44. The van der Waals surface area contributed by atoms with Gasteiger partial charge >= 0.3 is 0 Å². The van der Waals surface area contributed by atoms with E-state index in [1.165, 1.54) is 11.8 Å². The zero-order valence-electron chi connectivity index (χ0n) is 12.2. The van der Waals surface area contributed by atoms with Gasteiger partial charge in [0.05, 0.1) is 16.6 Å². The molecule has 0 saturated carbocycles. The summed E-state index contributed by atoms with van der Waals surface area (Å²) >= 11 is 1.20. The summed E-state index contributed by atoms with van der Waals surface area (Å²) in [6, 6.07) is 5.95. The van der Waals surface area contributed by atoms with Crippen molar-refractivity contribution in [3.05, 3.63) is 29.3 Å². The average molecular weight is 303 g/mol. The molecular weight excluding hydrogens is 286 g/mol. The van der Waals surface area contributed by atoms with Crippen molar-refractivity contribution in [3.63, 3.8) is 0 Å². The minimum atomic E-state index is -0.206. The first kappa shape index (κ1) is 14.1. The molecule has 1 atom stereocenters. The number of thioether (sulfide) groups is 1. The summed E-state index contributed by atoms with van der Waals surface area (Å²) in [7, 11) is 0. The quantitative estimate of drug-likeness (QED) is 0.838. The highest BCUT2D eigenvalue weighted by molar-refractivity contribution is 8.14. The number of carbonyl (C=O) groups is 2. The van der Waals surface area contributed by atoms with Crippen molar-refractivity contribution >= 4 is 34.3 Å². The van der Waals surface area contributed by atoms with Crippen molar-refractivity contribution in [1.82, 2.24) is 5.43 Å². The number of nitrogens with zero attached hydrogens (tertiary/aromatic N) is 1. The van der Waals surface area contributed by atoms with Crippen LogP contribution in [-0.2, 0) is 10.2 Å². The third-order valence-electron chi connectivity index (χ3n) is 3.87. The lowest BCUT2D eigenvalue weighted by Crippen LogP contribution is -2.35. The van der Waals surface area contributed by atoms with Gasteiger partial charge in [0.2, 0.25) is 5.91 Å². The first-order valence-electron chi connectivity index (χ1n) is 6.86. The summed E-state index contributed by atoms with van der Waals surface area (Å²) in [4.78, 5) is 23.4. The Kier molecular flexibility index (Phi) is 3.28. The molecule has 0 saturated heterocycles. The summed E-state index contributed by atoms with van der Waals surface area (Å²) in [5.41, 5.74) is 5.89. The van der Waals surface area contributed by atoms with Crippen LogP contribution in [0.3, 0.4) is 0 Å². The number of para-hydroxylation sites is 1. The lowest BCUT2D eigenvalue weighted by Gasteiger charge is -2.34. The molecule has 5 nitrogen and oxygen atoms in total. The maximum Gasteiger partial charge on any atom is 0.299 e. The van der Waals surface area contributed by atoms with Gasteiger partial charge in [-0.05, 0) is 12.5 Å². The Morgan fingerprint density at radius 1 is 1.33 bits per heavy atom. The molecule has 0 spiro atoms. The SMILES string of the molecule is CC1SC(=O)NN=C1c1cccc2c1NC(=O)CC2(C)C. The Balaban J connectivity index is 2.14. The van der Waals surface area contributed by atoms with Crippen LogP contribution >= 0.6 is 11.8 Å². The van der Waals surface area contributed by atoms with E-state index in [1.54, 1.807) is 0 Å². The molecule has 0 radical (unpaired) electrons. The first-order chi connectivity index (χ1) is 9.88. The van der Waals surface area contributed by atoms with Gasteiger partial charge in [-0.2, -0.15) is 5.10 Å². The van der Waals surface area contributed by atoms with Gasteiger partial charge in [-0.3, -0.25) is 9.59 Å². The molecule has 21 heavy (non-hydrogen) atoms. The first-order valence-corrected chi connectivity index (χ1v) is 7.74. The van der Waals surface area contributed by atoms with Crippen LogP contribution in [0, 0.1) is 0 Å². The van der Waals surface area contributed by atoms with Crippen LogP contribution in [0.2, 0.25) is 0 Å². The van der Waals surface area contributed by atoms with Gasteiger partial charge in [-0.15, -0.1) is 0 Å². The third-order valence-corrected chi connectivity index (χ3v) is 4.76. The molecular formula is C15H17N3O2S. The maximum absolute atomic E-state index is 12.0. The zero-order valence-corrected chi connectivity index (χ0v) is 13.0. The fourth-order valence-corrected chi connectivity index (χ4v) is 3.57. The van der Waals surface area contributed by atoms with Gasteiger partial charge < -0.3 is 5.32 Å². The van der Waals surface area contributed by atoms with Gasteiger partial charge in [-0.1, -0.05) is 43.8 Å². The highest BCUT2D eigenvalue weighted by Gasteiger charge is 2.35. The Hall–Kier alpha value is -1.82. The number of fused-ring (bicyclic) bond motifs is 1. The Morgan fingerprint density at radius 3 is 2.81 bits per heavy atom. The molecule has 6 heteroatoms. The fraction of sp³-hybridized carbons (Fsp3) is 0.400. The van der Waals surface area contributed by atoms with Crippen LogP contribution in [0.4, 0.5) is 10.5 Å². The molecule has 2 N–H and O–H groups in total. The van der Waals surface area contributed by atoms with E-state index in [0.717, 1.165) is 22.5 Å². The van der Waals surface area contributed by atoms with Crippen LogP contribution in [0.1, 0.15) is 38.3 Å². The van der Waals surface area contributed by atoms with Crippen LogP contribution < -0.4 is 10.7 Å². The number of anilines is 1. The van der Waals surface area contributed by atoms with E-state index in [-0.39, 0.29) is 21.8 Å². The predicted molar refractivity (Wildman–Crippen MR) is 84.8 cm³/mol. The molecule has 1 unspecified atom stereocenters. The number of hydrogen-bond donors (Lipinski definition) is 2. The monoisotopic (exact) mass is 303 g/mol. The lowest BCUT2D eigenvalue weighted by atomic mass is 9.76. The van der Waals surface area contributed by atoms with Crippen molar-refractivity contribution in [2.24, 2.45) is 5.10 Å². The molecule has 2 amide bonds. The molecule has 1 aromatic carbocycles. The number of nitrogens with one attached hydrogen (secondary N) is 2. The molecule has 0 fully saturated rings. The van der Waals surface area contributed by atoms with Gasteiger partial charge in [0.15, 0.2) is 0 Å². The van der Waals surface area contributed by atoms with E-state index >= 15 is 0 Å². The molecule has 1 aromatic rings. The van der Waals surface area contributed by atoms with E-state index in [4.69, 9.17) is 0 Å². The lowest BCUT2D eigenvalue weighted by molar-refractivity contribution is -0.117. The van der Waals surface area contributed by atoms with E-state index < -0.39 is 0 Å². The molecule has 2 aliphatic heterocycles. The second kappa shape index (κ2) is 4.87. The van der Waals surface area contributed by atoms with Crippen molar-refractivity contribution in [1.29, 1.82) is 0 Å². The average Bonchev–Trinajstić information content (AvgIpc) is 2.37. The van der Waals surface area contributed by atoms with Crippen LogP contribution in [-0.4, -0.2) is 22.1 Å². The molecule has 0 aliphatic carbocycles. The number of benzene rings is 1. The molecule has 0 aromatic heterocycles. The molecule has 2 heterocycles. The van der Waals surface area contributed by atoms with Crippen LogP contribution in [0.5, 0.6) is 0 Å². The van der Waals surface area contributed by atoms with Crippen LogP contribution in [0.25, 0.3) is 0 Å². The molecule has 110 valence electrons. The fourth-order valence-electron chi connectivity index (χ4n) is 2.86. The minimum absolute atomic E-state index is 0.0145. The predicted octanol–water partition coefficient (Wildman–Crippen LogP) is 2.86. The van der Waals surface area contributed by atoms with Crippen molar-refractivity contribution < 1.29 is 9.59 Å². The van der Waals surface area contributed by atoms with Crippen LogP contribution in [0.15, 0.2) is 23.3 Å². The smallest absolute Gasteiger partial charge is 0.299 e. The second-order valence-corrected chi connectivity index (χ2v) is 7.31. The summed E-state index contributed by atoms with van der Waals surface area (Å²) in [5.74, 6) is 0.0145. The van der Waals surface area contributed by atoms with E-state index in [0.29, 0.717) is 6.42 Å². The number of carbonyl (C=O) groups excluding carboxylic acids is 2. The molecule has 0 bridgehead atoms. The van der Waals surface area contributed by atoms with Gasteiger partial charge in [0.1, 0.15) is 0 Å². The number of amides is 2. The summed E-state index contributed by atoms with van der Waals surface area (Å²) in [6.07, 6.45) is 0.469. The minimum Gasteiger partial charge on any atom is -0.325 e. The second-order valence-electron chi connectivity index (χ2n) is 5.99. The Bertz CT molecular complexity index is 667. The van der Waals surface area contributed by atoms with E-state index in [2.05, 4.69) is 29.7 Å². The molecule has 2 aliphatic rings. The highest BCUT2D eigenvalue weighted by atomic mass is 32.2. The Morgan fingerprint density at radius 2 is 2.10 bits per heavy atom. The number of hydrogen-bond acceptors (Lipinski definition) is 4. The van der Waals surface area contributed by atoms with Crippen molar-refractivity contribution in [2.45, 2.75) is 37.9 Å². The van der Waals surface area contributed by atoms with Gasteiger partial charge in [0, 0.05) is 17.4 Å². The van der Waals surface area contributed by atoms with Crippen molar-refractivity contribution in [3.8, 4) is 0 Å². The highest BCUT2D eigenvalue weighted by Crippen LogP contribution is 2.40. The topological polar surface area (TPSA) is 70.6 Å². The summed E-state index contributed by atoms with van der Waals surface area (Å²) < 4.78 is 0. The van der Waals surface area contributed by atoms with Crippen molar-refractivity contribution in [2.75, 3.05) is 5.32 Å². The normalized spacial score (nSPS) is 23.8. The number of rotatable bonds is 1. The largest absolute Gasteiger partial charge is 0.325 e. The number of hydrazone groups is 1. The standard InChI is InChI=1S/C15H17N3O2S/c1-8-12(17-18-14(20)21-8)9-5-4-6-10-13(9)16-11(19)7-15(10,2)3/h4-6,8H,7H2,1-3H3,(H,16,19)(H,18,20). The maximum atomic E-state index is 12.0. The van der Waals surface area contributed by atoms with Gasteiger partial charge in [0.25, 0.3) is 5.24 Å². The summed E-state index contributed by atoms with van der Waals surface area (Å²) in [6.45, 7) is 6.07. The van der Waals surface area contributed by atoms with Gasteiger partial charge in [-0.25, -0.2) is 5.43 Å². The summed E-state index contributed by atoms with van der Waals surface area (Å²) in [5, 5.41) is 6.96.